The zero-order valence-corrected chi connectivity index (χ0v) is 14.1. The number of hydrogen-bond donors (Lipinski definition) is 1. The minimum Gasteiger partial charge on any atom is -0.398 e. The van der Waals surface area contributed by atoms with Crippen LogP contribution in [0.15, 0.2) is 27.6 Å². The second-order valence-electron chi connectivity index (χ2n) is 5.26. The highest BCUT2D eigenvalue weighted by Gasteiger charge is 2.31. The molecule has 1 atom stereocenters. The zero-order valence-electron chi connectivity index (χ0n) is 11.7. The first-order chi connectivity index (χ1) is 9.32. The molecule has 0 aromatic heterocycles. The van der Waals surface area contributed by atoms with Gasteiger partial charge in [-0.2, -0.15) is 4.31 Å². The lowest BCUT2D eigenvalue weighted by molar-refractivity contribution is 0.187. The normalized spacial score (nSPS) is 21.3. The fourth-order valence-corrected chi connectivity index (χ4v) is 4.39. The summed E-state index contributed by atoms with van der Waals surface area (Å²) in [6.45, 7) is 1.77. The van der Waals surface area contributed by atoms with Crippen molar-refractivity contribution in [2.75, 3.05) is 32.9 Å². The van der Waals surface area contributed by atoms with E-state index < -0.39 is 10.0 Å². The molecule has 1 aromatic rings. The number of rotatable bonds is 3. The second kappa shape index (κ2) is 6.01. The molecule has 112 valence electrons. The lowest BCUT2D eigenvalue weighted by Crippen LogP contribution is -2.47. The molecule has 0 bridgehead atoms. The highest BCUT2D eigenvalue weighted by molar-refractivity contribution is 9.10. The number of nitrogens with zero attached hydrogens (tertiary/aromatic N) is 2. The number of piperidine rings is 1. The number of nitrogens with two attached hydrogens (primary N) is 1. The quantitative estimate of drug-likeness (QED) is 0.832. The van der Waals surface area contributed by atoms with Crippen LogP contribution >= 0.6 is 15.9 Å². The Hall–Kier alpha value is -0.630. The van der Waals surface area contributed by atoms with E-state index >= 15 is 0 Å². The maximum atomic E-state index is 12.7. The molecule has 1 saturated heterocycles. The van der Waals surface area contributed by atoms with Crippen molar-refractivity contribution in [3.8, 4) is 0 Å². The van der Waals surface area contributed by atoms with Crippen LogP contribution in [0.3, 0.4) is 0 Å². The van der Waals surface area contributed by atoms with Gasteiger partial charge >= 0.3 is 0 Å². The molecule has 2 N–H and O–H groups in total. The van der Waals surface area contributed by atoms with Crippen molar-refractivity contribution in [1.82, 2.24) is 9.21 Å². The van der Waals surface area contributed by atoms with Crippen LogP contribution in [0.2, 0.25) is 0 Å². The fraction of sp³-hybridized carbons (Fsp3) is 0.538. The van der Waals surface area contributed by atoms with E-state index in [4.69, 9.17) is 5.73 Å². The number of sulfonamides is 1. The number of likely N-dealkylation sites (tertiary alicyclic amines) is 1. The molecule has 1 aliphatic heterocycles. The highest BCUT2D eigenvalue weighted by Crippen LogP contribution is 2.27. The summed E-state index contributed by atoms with van der Waals surface area (Å²) in [5, 5.41) is 0. The molecule has 0 aliphatic carbocycles. The molecule has 1 fully saturated rings. The van der Waals surface area contributed by atoms with Gasteiger partial charge in [-0.3, -0.25) is 0 Å². The van der Waals surface area contributed by atoms with E-state index in [1.807, 2.05) is 7.05 Å². The summed E-state index contributed by atoms with van der Waals surface area (Å²) < 4.78 is 27.6. The topological polar surface area (TPSA) is 66.6 Å². The van der Waals surface area contributed by atoms with Crippen LogP contribution in [-0.2, 0) is 10.0 Å². The van der Waals surface area contributed by atoms with Crippen molar-refractivity contribution in [2.45, 2.75) is 23.8 Å². The summed E-state index contributed by atoms with van der Waals surface area (Å²) in [4.78, 5) is 2.34. The number of likely N-dealkylation sites (N-methyl/N-ethyl adjacent to an activating group) is 2. The maximum Gasteiger partial charge on any atom is 0.245 e. The summed E-state index contributed by atoms with van der Waals surface area (Å²) in [7, 11) is 0.105. The van der Waals surface area contributed by atoms with Gasteiger partial charge in [-0.15, -0.1) is 0 Å². The first-order valence-corrected chi connectivity index (χ1v) is 8.77. The van der Waals surface area contributed by atoms with Crippen molar-refractivity contribution in [2.24, 2.45) is 0 Å². The molecule has 1 heterocycles. The molecule has 1 aliphatic rings. The summed E-state index contributed by atoms with van der Waals surface area (Å²) in [5.41, 5.74) is 6.13. The highest BCUT2D eigenvalue weighted by atomic mass is 79.9. The van der Waals surface area contributed by atoms with Gasteiger partial charge < -0.3 is 10.6 Å². The predicted molar refractivity (Wildman–Crippen MR) is 84.0 cm³/mol. The molecular formula is C13H20BrN3O2S. The number of hydrogen-bond acceptors (Lipinski definition) is 4. The Labute approximate surface area is 128 Å². The molecule has 7 heteroatoms. The third-order valence-electron chi connectivity index (χ3n) is 3.74. The van der Waals surface area contributed by atoms with Crippen molar-refractivity contribution < 1.29 is 8.42 Å². The second-order valence-corrected chi connectivity index (χ2v) is 8.14. The first-order valence-electron chi connectivity index (χ1n) is 6.54. The molecule has 1 aromatic carbocycles. The molecule has 1 unspecified atom stereocenters. The van der Waals surface area contributed by atoms with Crippen LogP contribution < -0.4 is 5.73 Å². The van der Waals surface area contributed by atoms with Gasteiger partial charge in [-0.1, -0.05) is 15.9 Å². The number of halogens is 1. The molecule has 0 spiro atoms. The average Bonchev–Trinajstić information content (AvgIpc) is 2.37. The maximum absolute atomic E-state index is 12.7. The third-order valence-corrected chi connectivity index (χ3v) is 6.22. The third kappa shape index (κ3) is 3.16. The monoisotopic (exact) mass is 361 g/mol. The summed E-state index contributed by atoms with van der Waals surface area (Å²) in [6, 6.07) is 4.87. The standard InChI is InChI=1S/C13H20BrN3O2S/c1-16-7-3-4-11(9-16)17(2)20(18,19)13-6-5-10(14)8-12(13)15/h5-6,8,11H,3-4,7,9,15H2,1-2H3. The SMILES string of the molecule is CN1CCCC(N(C)S(=O)(=O)c2ccc(Br)cc2N)C1. The van der Waals surface area contributed by atoms with Gasteiger partial charge in [-0.05, 0) is 44.6 Å². The molecule has 0 radical (unpaired) electrons. The number of benzene rings is 1. The van der Waals surface area contributed by atoms with Crippen molar-refractivity contribution in [1.29, 1.82) is 0 Å². The van der Waals surface area contributed by atoms with E-state index in [0.717, 1.165) is 30.4 Å². The largest absolute Gasteiger partial charge is 0.398 e. The Morgan fingerprint density at radius 3 is 2.75 bits per heavy atom. The van der Waals surface area contributed by atoms with Gasteiger partial charge in [0.05, 0.1) is 5.69 Å². The van der Waals surface area contributed by atoms with E-state index in [2.05, 4.69) is 20.8 Å². The van der Waals surface area contributed by atoms with Crippen LogP contribution in [0.5, 0.6) is 0 Å². The van der Waals surface area contributed by atoms with Gasteiger partial charge in [0, 0.05) is 24.1 Å². The van der Waals surface area contributed by atoms with Crippen LogP contribution in [0.1, 0.15) is 12.8 Å². The van der Waals surface area contributed by atoms with E-state index in [0.29, 0.717) is 0 Å². The minimum atomic E-state index is -3.55. The van der Waals surface area contributed by atoms with Gasteiger partial charge in [0.15, 0.2) is 0 Å². The average molecular weight is 362 g/mol. The smallest absolute Gasteiger partial charge is 0.245 e. The zero-order chi connectivity index (χ0) is 14.9. The fourth-order valence-electron chi connectivity index (χ4n) is 2.54. The molecule has 0 saturated carbocycles. The Bertz CT molecular complexity index is 591. The van der Waals surface area contributed by atoms with Gasteiger partial charge in [-0.25, -0.2) is 8.42 Å². The van der Waals surface area contributed by atoms with Crippen molar-refractivity contribution >= 4 is 31.6 Å². The van der Waals surface area contributed by atoms with Crippen LogP contribution in [-0.4, -0.2) is 50.8 Å². The van der Waals surface area contributed by atoms with E-state index in [-0.39, 0.29) is 16.6 Å². The van der Waals surface area contributed by atoms with Crippen molar-refractivity contribution in [3.63, 3.8) is 0 Å². The number of nitrogen functional groups attached to an aromatic ring is 1. The van der Waals surface area contributed by atoms with Crippen LogP contribution in [0.4, 0.5) is 5.69 Å². The first kappa shape index (κ1) is 15.8. The van der Waals surface area contributed by atoms with Crippen LogP contribution in [0, 0.1) is 0 Å². The molecular weight excluding hydrogens is 342 g/mol. The Kier molecular flexibility index (Phi) is 4.73. The van der Waals surface area contributed by atoms with E-state index in [9.17, 15) is 8.42 Å². The molecule has 2 rings (SSSR count). The van der Waals surface area contributed by atoms with E-state index in [1.54, 1.807) is 25.2 Å². The van der Waals surface area contributed by atoms with E-state index in [1.165, 1.54) is 4.31 Å². The lowest BCUT2D eigenvalue weighted by Gasteiger charge is -2.35. The molecule has 5 nitrogen and oxygen atoms in total. The molecule has 20 heavy (non-hydrogen) atoms. The summed E-state index contributed by atoms with van der Waals surface area (Å²) >= 11 is 3.29. The van der Waals surface area contributed by atoms with Gasteiger partial charge in [0.2, 0.25) is 10.0 Å². The summed E-state index contributed by atoms with van der Waals surface area (Å²) in [5.74, 6) is 0. The molecule has 0 amide bonds. The lowest BCUT2D eigenvalue weighted by atomic mass is 10.1. The summed E-state index contributed by atoms with van der Waals surface area (Å²) in [6.07, 6.45) is 1.90. The van der Waals surface area contributed by atoms with Crippen molar-refractivity contribution in [3.05, 3.63) is 22.7 Å². The predicted octanol–water partition coefficient (Wildman–Crippen LogP) is 1.75. The van der Waals surface area contributed by atoms with Gasteiger partial charge in [0.25, 0.3) is 0 Å². The Morgan fingerprint density at radius 2 is 2.15 bits per heavy atom. The van der Waals surface area contributed by atoms with Gasteiger partial charge in [0.1, 0.15) is 4.90 Å². The Morgan fingerprint density at radius 1 is 1.45 bits per heavy atom. The Balaban J connectivity index is 2.29. The number of anilines is 1. The minimum absolute atomic E-state index is 0.00166. The van der Waals surface area contributed by atoms with Crippen LogP contribution in [0.25, 0.3) is 0 Å².